The Balaban J connectivity index is 1.39. The van der Waals surface area contributed by atoms with Gasteiger partial charge in [0.15, 0.2) is 6.29 Å². The highest BCUT2D eigenvalue weighted by Crippen LogP contribution is 2.41. The third-order valence-electron chi connectivity index (χ3n) is 7.65. The van der Waals surface area contributed by atoms with E-state index in [1.165, 1.54) is 5.56 Å². The molecule has 0 saturated carbocycles. The highest BCUT2D eigenvalue weighted by Gasteiger charge is 2.47. The van der Waals surface area contributed by atoms with Gasteiger partial charge in [0.2, 0.25) is 0 Å². The molecule has 4 rings (SSSR count). The molecule has 5 nitrogen and oxygen atoms in total. The highest BCUT2D eigenvalue weighted by molar-refractivity contribution is 5.77. The van der Waals surface area contributed by atoms with Crippen molar-refractivity contribution in [1.29, 1.82) is 0 Å². The average Bonchev–Trinajstić information content (AvgIpc) is 3.08. The molecular formula is C29H39NO4. The van der Waals surface area contributed by atoms with Crippen LogP contribution in [0.2, 0.25) is 0 Å². The molecule has 2 fully saturated rings. The number of rotatable bonds is 9. The Morgan fingerprint density at radius 3 is 2.41 bits per heavy atom. The number of esters is 1. The monoisotopic (exact) mass is 465 g/mol. The number of hydrogen-bond acceptors (Lipinski definition) is 5. The van der Waals surface area contributed by atoms with E-state index in [1.54, 1.807) is 0 Å². The zero-order chi connectivity index (χ0) is 24.2. The molecule has 184 valence electrons. The number of piperidine rings is 1. The van der Waals surface area contributed by atoms with Crippen LogP contribution in [0.3, 0.4) is 0 Å². The van der Waals surface area contributed by atoms with Crippen molar-refractivity contribution < 1.29 is 19.4 Å². The van der Waals surface area contributed by atoms with E-state index in [9.17, 15) is 9.90 Å². The van der Waals surface area contributed by atoms with Crippen molar-refractivity contribution in [3.05, 3.63) is 71.3 Å². The van der Waals surface area contributed by atoms with Gasteiger partial charge in [-0.05, 0) is 56.7 Å². The second-order valence-electron chi connectivity index (χ2n) is 10.5. The van der Waals surface area contributed by atoms with Crippen LogP contribution in [-0.2, 0) is 20.7 Å². The summed E-state index contributed by atoms with van der Waals surface area (Å²) in [5, 5.41) is 10.7. The Morgan fingerprint density at radius 1 is 1.03 bits per heavy atom. The first-order valence-corrected chi connectivity index (χ1v) is 12.7. The van der Waals surface area contributed by atoms with Crippen LogP contribution in [0.5, 0.6) is 0 Å². The normalized spacial score (nSPS) is 26.4. The molecule has 6 unspecified atom stereocenters. The van der Waals surface area contributed by atoms with Crippen LogP contribution in [0.25, 0.3) is 0 Å². The summed E-state index contributed by atoms with van der Waals surface area (Å²) >= 11 is 0. The van der Waals surface area contributed by atoms with Crippen molar-refractivity contribution in [2.24, 2.45) is 11.8 Å². The molecule has 2 aliphatic heterocycles. The number of nitrogens with zero attached hydrogens (tertiary/aromatic N) is 1. The lowest BCUT2D eigenvalue weighted by Crippen LogP contribution is -2.52. The SMILES string of the molecule is CC(C)Cc1ccc(C(C)C(=O)OCC2C(OC(O)c3ccccc3)CC3CCC2N3C)cc1. The Bertz CT molecular complexity index is 929. The Kier molecular flexibility index (Phi) is 8.07. The first-order valence-electron chi connectivity index (χ1n) is 12.7. The molecule has 0 aliphatic carbocycles. The maximum Gasteiger partial charge on any atom is 0.313 e. The summed E-state index contributed by atoms with van der Waals surface area (Å²) in [7, 11) is 2.16. The van der Waals surface area contributed by atoms with Crippen LogP contribution in [0.15, 0.2) is 54.6 Å². The topological polar surface area (TPSA) is 59.0 Å². The predicted molar refractivity (Wildman–Crippen MR) is 133 cm³/mol. The Labute approximate surface area is 204 Å². The smallest absolute Gasteiger partial charge is 0.313 e. The molecule has 0 radical (unpaired) electrons. The first kappa shape index (κ1) is 24.9. The first-order chi connectivity index (χ1) is 16.3. The quantitative estimate of drug-likeness (QED) is 0.413. The van der Waals surface area contributed by atoms with Gasteiger partial charge in [-0.2, -0.15) is 0 Å². The lowest BCUT2D eigenvalue weighted by molar-refractivity contribution is -0.186. The van der Waals surface area contributed by atoms with Crippen molar-refractivity contribution in [3.8, 4) is 0 Å². The third kappa shape index (κ3) is 5.70. The van der Waals surface area contributed by atoms with Gasteiger partial charge in [-0.15, -0.1) is 0 Å². The summed E-state index contributed by atoms with van der Waals surface area (Å²) < 4.78 is 12.1. The van der Waals surface area contributed by atoms with Crippen LogP contribution < -0.4 is 0 Å². The predicted octanol–water partition coefficient (Wildman–Crippen LogP) is 5.09. The molecule has 5 heteroatoms. The standard InChI is InChI=1S/C29H39NO4/c1-19(2)16-21-10-12-22(13-11-21)20(3)28(31)33-18-25-26-15-14-24(30(26)4)17-27(25)34-29(32)23-8-6-5-7-9-23/h5-13,19-20,24-27,29,32H,14-18H2,1-4H3. The van der Waals surface area contributed by atoms with Gasteiger partial charge in [0.05, 0.1) is 18.6 Å². The van der Waals surface area contributed by atoms with Crippen LogP contribution in [0.4, 0.5) is 0 Å². The fraction of sp³-hybridized carbons (Fsp3) is 0.552. The van der Waals surface area contributed by atoms with Crippen molar-refractivity contribution in [2.75, 3.05) is 13.7 Å². The summed E-state index contributed by atoms with van der Waals surface area (Å²) in [6, 6.07) is 18.5. The molecule has 2 saturated heterocycles. The number of fused-ring (bicyclic) bond motifs is 2. The van der Waals surface area contributed by atoms with Gasteiger partial charge in [-0.25, -0.2) is 0 Å². The molecule has 0 spiro atoms. The molecule has 1 N–H and O–H groups in total. The molecular weight excluding hydrogens is 426 g/mol. The maximum atomic E-state index is 13.0. The van der Waals surface area contributed by atoms with Gasteiger partial charge in [0, 0.05) is 23.6 Å². The number of carbonyl (C=O) groups excluding carboxylic acids is 1. The minimum Gasteiger partial charge on any atom is -0.465 e. The Hall–Kier alpha value is -2.21. The van der Waals surface area contributed by atoms with E-state index in [0.29, 0.717) is 24.6 Å². The molecule has 0 aromatic heterocycles. The Morgan fingerprint density at radius 2 is 1.74 bits per heavy atom. The molecule has 34 heavy (non-hydrogen) atoms. The highest BCUT2D eigenvalue weighted by atomic mass is 16.6. The summed E-state index contributed by atoms with van der Waals surface area (Å²) in [6.07, 6.45) is 2.93. The number of ether oxygens (including phenoxy) is 2. The molecule has 2 aliphatic rings. The van der Waals surface area contributed by atoms with E-state index in [0.717, 1.165) is 36.8 Å². The van der Waals surface area contributed by atoms with E-state index in [4.69, 9.17) is 9.47 Å². The molecule has 2 aromatic rings. The maximum absolute atomic E-state index is 13.0. The van der Waals surface area contributed by atoms with Crippen molar-refractivity contribution in [2.45, 2.75) is 76.9 Å². The van der Waals surface area contributed by atoms with Crippen molar-refractivity contribution in [3.63, 3.8) is 0 Å². The largest absolute Gasteiger partial charge is 0.465 e. The van der Waals surface area contributed by atoms with Crippen LogP contribution in [0.1, 0.15) is 68.9 Å². The second kappa shape index (κ2) is 11.0. The van der Waals surface area contributed by atoms with Crippen LogP contribution >= 0.6 is 0 Å². The van der Waals surface area contributed by atoms with Gasteiger partial charge in [-0.1, -0.05) is 68.4 Å². The summed E-state index contributed by atoms with van der Waals surface area (Å²) in [5.74, 6) is 0.112. The van der Waals surface area contributed by atoms with Gasteiger partial charge in [-0.3, -0.25) is 9.69 Å². The van der Waals surface area contributed by atoms with Crippen LogP contribution in [0, 0.1) is 11.8 Å². The zero-order valence-corrected chi connectivity index (χ0v) is 20.9. The van der Waals surface area contributed by atoms with Gasteiger partial charge in [0.1, 0.15) is 0 Å². The minimum absolute atomic E-state index is 0.0340. The number of aliphatic hydroxyl groups excluding tert-OH is 1. The third-order valence-corrected chi connectivity index (χ3v) is 7.65. The van der Waals surface area contributed by atoms with Crippen molar-refractivity contribution in [1.82, 2.24) is 4.90 Å². The molecule has 2 heterocycles. The summed E-state index contributed by atoms with van der Waals surface area (Å²) in [4.78, 5) is 15.4. The number of hydrogen-bond donors (Lipinski definition) is 1. The molecule has 2 bridgehead atoms. The van der Waals surface area contributed by atoms with Crippen LogP contribution in [-0.4, -0.2) is 47.8 Å². The lowest BCUT2D eigenvalue weighted by Gasteiger charge is -2.43. The summed E-state index contributed by atoms with van der Waals surface area (Å²) in [5.41, 5.74) is 3.02. The van der Waals surface area contributed by atoms with Crippen molar-refractivity contribution >= 4 is 5.97 Å². The van der Waals surface area contributed by atoms with E-state index < -0.39 is 6.29 Å². The number of benzene rings is 2. The van der Waals surface area contributed by atoms with Gasteiger partial charge >= 0.3 is 5.97 Å². The fourth-order valence-electron chi connectivity index (χ4n) is 5.62. The van der Waals surface area contributed by atoms with E-state index in [2.05, 4.69) is 37.9 Å². The number of aliphatic hydroxyl groups is 1. The number of carbonyl (C=O) groups is 1. The van der Waals surface area contributed by atoms with E-state index in [1.807, 2.05) is 49.4 Å². The van der Waals surface area contributed by atoms with Gasteiger partial charge in [0.25, 0.3) is 0 Å². The molecule has 0 amide bonds. The minimum atomic E-state index is -0.976. The summed E-state index contributed by atoms with van der Waals surface area (Å²) in [6.45, 7) is 6.63. The zero-order valence-electron chi connectivity index (χ0n) is 20.9. The second-order valence-corrected chi connectivity index (χ2v) is 10.5. The molecule has 6 atom stereocenters. The van der Waals surface area contributed by atoms with E-state index in [-0.39, 0.29) is 23.9 Å². The van der Waals surface area contributed by atoms with Gasteiger partial charge < -0.3 is 14.6 Å². The lowest BCUT2D eigenvalue weighted by atomic mass is 9.88. The fourth-order valence-corrected chi connectivity index (χ4v) is 5.62. The average molecular weight is 466 g/mol. The molecule has 2 aromatic carbocycles. The van der Waals surface area contributed by atoms with E-state index >= 15 is 0 Å².